The summed E-state index contributed by atoms with van der Waals surface area (Å²) in [6.45, 7) is 0. The van der Waals surface area contributed by atoms with E-state index in [1.807, 2.05) is 22.7 Å². The molecule has 4 heteroatoms. The smallest absolute Gasteiger partial charge is 0.0556 e. The van der Waals surface area contributed by atoms with Gasteiger partial charge in [-0.1, -0.05) is 127 Å². The molecule has 0 N–H and O–H groups in total. The molecule has 12 rings (SSSR count). The van der Waals surface area contributed by atoms with Crippen LogP contribution in [-0.2, 0) is 0 Å². The standard InChI is InChI=1S/C54H34N2S2/c1-3-11-35(12-4-1)37-19-23-39(24-20-37)55(40-25-21-38(22-26-40)36-13-5-2-6-14-36)41-27-29-42(30-28-41)56-46-33-34-50-51(45-16-8-10-18-49(45)57-50)52(46)53-47(56)32-31-44-43-15-7-9-17-48(43)58-54(44)53/h1-34H. The van der Waals surface area contributed by atoms with Crippen LogP contribution in [0.15, 0.2) is 206 Å². The molecular weight excluding hydrogens is 741 g/mol. The van der Waals surface area contributed by atoms with Crippen molar-refractivity contribution in [2.24, 2.45) is 0 Å². The number of hydrogen-bond donors (Lipinski definition) is 0. The zero-order valence-corrected chi connectivity index (χ0v) is 33.0. The molecule has 272 valence electrons. The van der Waals surface area contributed by atoms with Crippen molar-refractivity contribution in [3.63, 3.8) is 0 Å². The highest BCUT2D eigenvalue weighted by Crippen LogP contribution is 2.48. The summed E-state index contributed by atoms with van der Waals surface area (Å²) in [5, 5.41) is 8.01. The molecule has 3 aromatic heterocycles. The van der Waals surface area contributed by atoms with Crippen molar-refractivity contribution in [1.82, 2.24) is 4.57 Å². The molecular formula is C54H34N2S2. The summed E-state index contributed by atoms with van der Waals surface area (Å²) in [6.07, 6.45) is 0. The molecule has 0 aliphatic carbocycles. The molecule has 0 saturated carbocycles. The summed E-state index contributed by atoms with van der Waals surface area (Å²) in [6, 6.07) is 75.3. The summed E-state index contributed by atoms with van der Waals surface area (Å²) in [7, 11) is 0. The van der Waals surface area contributed by atoms with Crippen molar-refractivity contribution in [2.75, 3.05) is 4.90 Å². The fraction of sp³-hybridized carbons (Fsp3) is 0. The second-order valence-electron chi connectivity index (χ2n) is 14.9. The van der Waals surface area contributed by atoms with Crippen molar-refractivity contribution in [1.29, 1.82) is 0 Å². The summed E-state index contributed by atoms with van der Waals surface area (Å²) in [5.41, 5.74) is 11.7. The van der Waals surface area contributed by atoms with Gasteiger partial charge in [-0.25, -0.2) is 0 Å². The first kappa shape index (κ1) is 33.2. The molecule has 2 nitrogen and oxygen atoms in total. The van der Waals surface area contributed by atoms with Gasteiger partial charge in [0.15, 0.2) is 0 Å². The second-order valence-corrected chi connectivity index (χ2v) is 17.0. The van der Waals surface area contributed by atoms with Crippen LogP contribution in [-0.4, -0.2) is 4.57 Å². The topological polar surface area (TPSA) is 8.17 Å². The number of fused-ring (bicyclic) bond motifs is 11. The molecule has 9 aromatic carbocycles. The van der Waals surface area contributed by atoms with Crippen LogP contribution in [0.4, 0.5) is 17.1 Å². The Morgan fingerprint density at radius 1 is 0.310 bits per heavy atom. The molecule has 0 bridgehead atoms. The van der Waals surface area contributed by atoms with E-state index in [1.165, 1.54) is 84.4 Å². The van der Waals surface area contributed by atoms with Crippen LogP contribution in [0.5, 0.6) is 0 Å². The maximum Gasteiger partial charge on any atom is 0.0556 e. The highest BCUT2D eigenvalue weighted by molar-refractivity contribution is 7.27. The third kappa shape index (κ3) is 5.23. The lowest BCUT2D eigenvalue weighted by Gasteiger charge is -2.26. The number of anilines is 3. The van der Waals surface area contributed by atoms with E-state index in [2.05, 4.69) is 216 Å². The van der Waals surface area contributed by atoms with Crippen molar-refractivity contribution in [2.45, 2.75) is 0 Å². The minimum absolute atomic E-state index is 1.10. The molecule has 58 heavy (non-hydrogen) atoms. The van der Waals surface area contributed by atoms with Gasteiger partial charge in [-0.2, -0.15) is 0 Å². The summed E-state index contributed by atoms with van der Waals surface area (Å²) < 4.78 is 7.82. The van der Waals surface area contributed by atoms with Gasteiger partial charge in [-0.15, -0.1) is 22.7 Å². The number of benzene rings is 9. The van der Waals surface area contributed by atoms with Gasteiger partial charge < -0.3 is 9.47 Å². The molecule has 0 saturated heterocycles. The second kappa shape index (κ2) is 13.3. The molecule has 0 spiro atoms. The van der Waals surface area contributed by atoms with E-state index in [9.17, 15) is 0 Å². The average molecular weight is 775 g/mol. The molecule has 0 radical (unpaired) electrons. The van der Waals surface area contributed by atoms with Gasteiger partial charge in [0.2, 0.25) is 0 Å². The summed E-state index contributed by atoms with van der Waals surface area (Å²) in [5.74, 6) is 0. The predicted molar refractivity (Wildman–Crippen MR) is 252 cm³/mol. The van der Waals surface area contributed by atoms with Gasteiger partial charge in [-0.05, 0) is 101 Å². The number of hydrogen-bond acceptors (Lipinski definition) is 3. The van der Waals surface area contributed by atoms with E-state index in [0.717, 1.165) is 22.7 Å². The van der Waals surface area contributed by atoms with Crippen LogP contribution in [0.1, 0.15) is 0 Å². The first-order valence-corrected chi connectivity index (χ1v) is 21.3. The number of aromatic nitrogens is 1. The summed E-state index contributed by atoms with van der Waals surface area (Å²) >= 11 is 3.80. The number of rotatable bonds is 6. The van der Waals surface area contributed by atoms with Crippen molar-refractivity contribution in [3.8, 4) is 27.9 Å². The lowest BCUT2D eigenvalue weighted by Crippen LogP contribution is -2.10. The van der Waals surface area contributed by atoms with Crippen molar-refractivity contribution < 1.29 is 0 Å². The molecule has 0 unspecified atom stereocenters. The number of thiophene rings is 2. The van der Waals surface area contributed by atoms with Crippen molar-refractivity contribution in [3.05, 3.63) is 206 Å². The average Bonchev–Trinajstić information content (AvgIpc) is 3.97. The third-order valence-corrected chi connectivity index (χ3v) is 13.9. The molecule has 0 atom stereocenters. The Balaban J connectivity index is 1.04. The van der Waals surface area contributed by atoms with Gasteiger partial charge in [0.25, 0.3) is 0 Å². The Labute approximate surface area is 343 Å². The maximum absolute atomic E-state index is 2.48. The van der Waals surface area contributed by atoms with Crippen molar-refractivity contribution >= 4 is 102 Å². The molecule has 0 aliphatic heterocycles. The van der Waals surface area contributed by atoms with Crippen LogP contribution in [0.25, 0.3) is 90.1 Å². The first-order valence-electron chi connectivity index (χ1n) is 19.7. The molecule has 0 amide bonds. The maximum atomic E-state index is 2.48. The predicted octanol–water partition coefficient (Wildman–Crippen LogP) is 16.3. The van der Waals surface area contributed by atoms with E-state index in [4.69, 9.17) is 0 Å². The Hall–Kier alpha value is -6.98. The lowest BCUT2D eigenvalue weighted by molar-refractivity contribution is 1.18. The lowest BCUT2D eigenvalue weighted by atomic mass is 10.0. The van der Waals surface area contributed by atoms with Crippen LogP contribution >= 0.6 is 22.7 Å². The van der Waals surface area contributed by atoms with Crippen LogP contribution in [0.3, 0.4) is 0 Å². The SMILES string of the molecule is c1ccc(-c2ccc(N(c3ccc(-c4ccccc4)cc3)c3ccc(-n4c5ccc6c7ccccc7sc6c5c5c6c(ccc54)sc4ccccc46)cc3)cc2)cc1. The van der Waals surface area contributed by atoms with Gasteiger partial charge in [-0.3, -0.25) is 0 Å². The van der Waals surface area contributed by atoms with Crippen LogP contribution in [0.2, 0.25) is 0 Å². The Morgan fingerprint density at radius 2 is 0.793 bits per heavy atom. The van der Waals surface area contributed by atoms with Gasteiger partial charge in [0.1, 0.15) is 0 Å². The quantitative estimate of drug-likeness (QED) is 0.163. The highest BCUT2D eigenvalue weighted by Gasteiger charge is 2.22. The monoisotopic (exact) mass is 774 g/mol. The van der Waals surface area contributed by atoms with E-state index in [0.29, 0.717) is 0 Å². The van der Waals surface area contributed by atoms with E-state index in [1.54, 1.807) is 0 Å². The normalized spacial score (nSPS) is 11.8. The summed E-state index contributed by atoms with van der Waals surface area (Å²) in [4.78, 5) is 2.36. The fourth-order valence-corrected chi connectivity index (χ4v) is 11.3. The Bertz CT molecular complexity index is 3380. The molecule has 0 aliphatic rings. The molecule has 3 heterocycles. The van der Waals surface area contributed by atoms with E-state index >= 15 is 0 Å². The van der Waals surface area contributed by atoms with Gasteiger partial charge in [0.05, 0.1) is 11.0 Å². The zero-order chi connectivity index (χ0) is 38.2. The Kier molecular flexibility index (Phi) is 7.62. The minimum Gasteiger partial charge on any atom is -0.311 e. The van der Waals surface area contributed by atoms with Crippen LogP contribution in [0, 0.1) is 0 Å². The Morgan fingerprint density at radius 3 is 1.41 bits per heavy atom. The van der Waals surface area contributed by atoms with Gasteiger partial charge >= 0.3 is 0 Å². The van der Waals surface area contributed by atoms with Gasteiger partial charge in [0, 0.05) is 73.9 Å². The minimum atomic E-state index is 1.10. The van der Waals surface area contributed by atoms with E-state index < -0.39 is 0 Å². The largest absolute Gasteiger partial charge is 0.311 e. The van der Waals surface area contributed by atoms with E-state index in [-0.39, 0.29) is 0 Å². The first-order chi connectivity index (χ1) is 28.8. The fourth-order valence-electron chi connectivity index (χ4n) is 8.92. The highest BCUT2D eigenvalue weighted by atomic mass is 32.1. The molecule has 12 aromatic rings. The molecule has 0 fully saturated rings. The number of nitrogens with zero attached hydrogens (tertiary/aromatic N) is 2. The van der Waals surface area contributed by atoms with Crippen LogP contribution < -0.4 is 4.90 Å². The third-order valence-electron chi connectivity index (χ3n) is 11.6. The zero-order valence-electron chi connectivity index (χ0n) is 31.3.